The molecule has 0 fully saturated rings. The Kier molecular flexibility index (Phi) is 3.40. The smallest absolute Gasteiger partial charge is 0.230 e. The van der Waals surface area contributed by atoms with E-state index in [0.29, 0.717) is 6.54 Å². The van der Waals surface area contributed by atoms with Crippen molar-refractivity contribution in [3.63, 3.8) is 0 Å². The average Bonchev–Trinajstić information content (AvgIpc) is 2.37. The monoisotopic (exact) mass is 242 g/mol. The van der Waals surface area contributed by atoms with Gasteiger partial charge in [0, 0.05) is 13.1 Å². The third-order valence-corrected chi connectivity index (χ3v) is 3.21. The molecule has 1 aromatic rings. The molecule has 3 heteroatoms. The average molecular weight is 242 g/mol. The van der Waals surface area contributed by atoms with Crippen LogP contribution >= 0.6 is 0 Å². The molecular weight excluding hydrogens is 224 g/mol. The van der Waals surface area contributed by atoms with Gasteiger partial charge in [-0.05, 0) is 25.0 Å². The van der Waals surface area contributed by atoms with Crippen LogP contribution in [0.1, 0.15) is 30.9 Å². The molecule has 1 unspecified atom stereocenters. The highest BCUT2D eigenvalue weighted by atomic mass is 16.2. The number of carbonyl (C=O) groups excluding carboxylic acids is 1. The number of hydrogen-bond acceptors (Lipinski definition) is 2. The summed E-state index contributed by atoms with van der Waals surface area (Å²) in [6.07, 6.45) is 5.40. The Morgan fingerprint density at radius 2 is 2.22 bits per heavy atom. The molecular formula is C15H18N2O. The SMILES string of the molecule is C#CC(C)(C)NC(=O)C1CNCc2ccccc21. The molecule has 1 heterocycles. The maximum absolute atomic E-state index is 12.3. The number of rotatable bonds is 2. The van der Waals surface area contributed by atoms with E-state index in [1.807, 2.05) is 38.1 Å². The lowest BCUT2D eigenvalue weighted by atomic mass is 9.89. The van der Waals surface area contributed by atoms with E-state index < -0.39 is 5.54 Å². The predicted octanol–water partition coefficient (Wildman–Crippen LogP) is 1.40. The Labute approximate surface area is 108 Å². The van der Waals surface area contributed by atoms with Crippen molar-refractivity contribution in [1.29, 1.82) is 0 Å². The van der Waals surface area contributed by atoms with Gasteiger partial charge in [0.25, 0.3) is 0 Å². The van der Waals surface area contributed by atoms with Crippen LogP contribution in [0.2, 0.25) is 0 Å². The molecule has 0 saturated carbocycles. The van der Waals surface area contributed by atoms with Gasteiger partial charge in [-0.25, -0.2) is 0 Å². The largest absolute Gasteiger partial charge is 0.340 e. The molecule has 0 radical (unpaired) electrons. The van der Waals surface area contributed by atoms with Crippen molar-refractivity contribution in [3.05, 3.63) is 35.4 Å². The molecule has 3 nitrogen and oxygen atoms in total. The van der Waals surface area contributed by atoms with Gasteiger partial charge < -0.3 is 10.6 Å². The van der Waals surface area contributed by atoms with Gasteiger partial charge in [0.1, 0.15) is 0 Å². The third kappa shape index (κ3) is 2.55. The summed E-state index contributed by atoms with van der Waals surface area (Å²) < 4.78 is 0. The van der Waals surface area contributed by atoms with E-state index in [0.717, 1.165) is 12.1 Å². The fourth-order valence-electron chi connectivity index (χ4n) is 2.16. The fourth-order valence-corrected chi connectivity index (χ4v) is 2.16. The summed E-state index contributed by atoms with van der Waals surface area (Å²) in [6, 6.07) is 8.03. The van der Waals surface area contributed by atoms with Crippen molar-refractivity contribution in [1.82, 2.24) is 10.6 Å². The molecule has 1 aliphatic heterocycles. The molecule has 0 aromatic heterocycles. The van der Waals surface area contributed by atoms with Crippen molar-refractivity contribution >= 4 is 5.91 Å². The highest BCUT2D eigenvalue weighted by Crippen LogP contribution is 2.24. The van der Waals surface area contributed by atoms with Crippen LogP contribution in [0.5, 0.6) is 0 Å². The second kappa shape index (κ2) is 4.83. The predicted molar refractivity (Wildman–Crippen MR) is 71.9 cm³/mol. The first-order valence-corrected chi connectivity index (χ1v) is 6.12. The van der Waals surface area contributed by atoms with Crippen LogP contribution in [0.3, 0.4) is 0 Å². The van der Waals surface area contributed by atoms with Gasteiger partial charge in [-0.1, -0.05) is 30.2 Å². The molecule has 18 heavy (non-hydrogen) atoms. The number of fused-ring (bicyclic) bond motifs is 1. The quantitative estimate of drug-likeness (QED) is 0.770. The first-order chi connectivity index (χ1) is 8.53. The minimum atomic E-state index is -0.608. The number of nitrogens with one attached hydrogen (secondary N) is 2. The summed E-state index contributed by atoms with van der Waals surface area (Å²) in [6.45, 7) is 5.13. The molecule has 1 aliphatic rings. The topological polar surface area (TPSA) is 41.1 Å². The highest BCUT2D eigenvalue weighted by molar-refractivity contribution is 5.85. The van der Waals surface area contributed by atoms with Crippen LogP contribution in [-0.2, 0) is 11.3 Å². The molecule has 0 aliphatic carbocycles. The van der Waals surface area contributed by atoms with Crippen LogP contribution in [-0.4, -0.2) is 18.0 Å². The minimum absolute atomic E-state index is 0.0161. The van der Waals surface area contributed by atoms with Crippen molar-refractivity contribution in [2.45, 2.75) is 31.8 Å². The second-order valence-electron chi connectivity index (χ2n) is 5.14. The van der Waals surface area contributed by atoms with Crippen molar-refractivity contribution in [2.24, 2.45) is 0 Å². The molecule has 1 atom stereocenters. The lowest BCUT2D eigenvalue weighted by molar-refractivity contribution is -0.123. The summed E-state index contributed by atoms with van der Waals surface area (Å²) in [4.78, 5) is 12.3. The first kappa shape index (κ1) is 12.7. The van der Waals surface area contributed by atoms with Gasteiger partial charge in [0.15, 0.2) is 0 Å². The van der Waals surface area contributed by atoms with Crippen molar-refractivity contribution < 1.29 is 4.79 Å². The highest BCUT2D eigenvalue weighted by Gasteiger charge is 2.29. The summed E-state index contributed by atoms with van der Waals surface area (Å²) in [7, 11) is 0. The Bertz CT molecular complexity index is 499. The van der Waals surface area contributed by atoms with Crippen LogP contribution in [0, 0.1) is 12.3 Å². The van der Waals surface area contributed by atoms with Crippen LogP contribution in [0.4, 0.5) is 0 Å². The van der Waals surface area contributed by atoms with E-state index in [1.165, 1.54) is 5.56 Å². The van der Waals surface area contributed by atoms with Crippen LogP contribution < -0.4 is 10.6 Å². The van der Waals surface area contributed by atoms with Gasteiger partial charge in [0.05, 0.1) is 11.5 Å². The van der Waals surface area contributed by atoms with Crippen LogP contribution in [0.25, 0.3) is 0 Å². The van der Waals surface area contributed by atoms with E-state index in [2.05, 4.69) is 16.6 Å². The minimum Gasteiger partial charge on any atom is -0.340 e. The maximum atomic E-state index is 12.3. The van der Waals surface area contributed by atoms with Gasteiger partial charge in [-0.2, -0.15) is 0 Å². The van der Waals surface area contributed by atoms with E-state index in [-0.39, 0.29) is 11.8 Å². The summed E-state index contributed by atoms with van der Waals surface area (Å²) in [5.74, 6) is 2.40. The van der Waals surface area contributed by atoms with E-state index in [1.54, 1.807) is 0 Å². The zero-order valence-electron chi connectivity index (χ0n) is 10.8. The Balaban J connectivity index is 2.21. The van der Waals surface area contributed by atoms with Gasteiger partial charge in [-0.3, -0.25) is 4.79 Å². The third-order valence-electron chi connectivity index (χ3n) is 3.21. The number of terminal acetylenes is 1. The number of carbonyl (C=O) groups is 1. The van der Waals surface area contributed by atoms with E-state index in [4.69, 9.17) is 6.42 Å². The normalized spacial score (nSPS) is 18.6. The molecule has 0 bridgehead atoms. The first-order valence-electron chi connectivity index (χ1n) is 6.12. The van der Waals surface area contributed by atoms with E-state index >= 15 is 0 Å². The Morgan fingerprint density at radius 3 is 2.94 bits per heavy atom. The maximum Gasteiger partial charge on any atom is 0.230 e. The van der Waals surface area contributed by atoms with Crippen LogP contribution in [0.15, 0.2) is 24.3 Å². The van der Waals surface area contributed by atoms with E-state index in [9.17, 15) is 4.79 Å². The summed E-state index contributed by atoms with van der Waals surface area (Å²) in [5, 5.41) is 6.16. The van der Waals surface area contributed by atoms with Crippen molar-refractivity contribution in [3.8, 4) is 12.3 Å². The zero-order chi connectivity index (χ0) is 13.2. The molecule has 0 spiro atoms. The Hall–Kier alpha value is -1.79. The molecule has 94 valence electrons. The lowest BCUT2D eigenvalue weighted by Crippen LogP contribution is -2.47. The van der Waals surface area contributed by atoms with Crippen molar-refractivity contribution in [2.75, 3.05) is 6.54 Å². The molecule has 2 rings (SSSR count). The van der Waals surface area contributed by atoms with Gasteiger partial charge >= 0.3 is 0 Å². The van der Waals surface area contributed by atoms with Gasteiger partial charge in [-0.15, -0.1) is 6.42 Å². The fraction of sp³-hybridized carbons (Fsp3) is 0.400. The standard InChI is InChI=1S/C15H18N2O/c1-4-15(2,3)17-14(18)13-10-16-9-11-7-5-6-8-12(11)13/h1,5-8,13,16H,9-10H2,2-3H3,(H,17,18). The summed E-state index contributed by atoms with van der Waals surface area (Å²) >= 11 is 0. The second-order valence-corrected chi connectivity index (χ2v) is 5.14. The molecule has 2 N–H and O–H groups in total. The number of benzene rings is 1. The molecule has 1 amide bonds. The number of amides is 1. The lowest BCUT2D eigenvalue weighted by Gasteiger charge is -2.28. The zero-order valence-corrected chi connectivity index (χ0v) is 10.8. The summed E-state index contributed by atoms with van der Waals surface area (Å²) in [5.41, 5.74) is 1.67. The number of hydrogen-bond donors (Lipinski definition) is 2. The van der Waals surface area contributed by atoms with Gasteiger partial charge in [0.2, 0.25) is 5.91 Å². The molecule has 0 saturated heterocycles. The molecule has 1 aromatic carbocycles. The Morgan fingerprint density at radius 1 is 1.50 bits per heavy atom.